The highest BCUT2D eigenvalue weighted by atomic mass is 32.1. The number of hydrogen-bond donors (Lipinski definition) is 1. The van der Waals surface area contributed by atoms with E-state index in [0.29, 0.717) is 6.54 Å². The number of aryl methyl sites for hydroxylation is 2. The normalized spacial score (nSPS) is 12.9. The van der Waals surface area contributed by atoms with Gasteiger partial charge < -0.3 is 9.88 Å². The summed E-state index contributed by atoms with van der Waals surface area (Å²) in [5, 5.41) is 14.6. The summed E-state index contributed by atoms with van der Waals surface area (Å²) in [4.78, 5) is 4.47. The van der Waals surface area contributed by atoms with Gasteiger partial charge in [0.05, 0.1) is 17.2 Å². The molecule has 17 heavy (non-hydrogen) atoms. The number of thiazole rings is 1. The standard InChI is InChI=1S/C11H17N5S/c1-4-16-7-13-15-11(16)5-12-8(2)10-6-17-9(3)14-10/h6-8,12H,4-5H2,1-3H3. The Hall–Kier alpha value is -1.27. The third-order valence-corrected chi connectivity index (χ3v) is 3.47. The molecule has 0 bridgehead atoms. The number of nitrogens with one attached hydrogen (secondary N) is 1. The van der Waals surface area contributed by atoms with E-state index in [1.165, 1.54) is 0 Å². The highest BCUT2D eigenvalue weighted by molar-refractivity contribution is 7.09. The molecule has 0 spiro atoms. The van der Waals surface area contributed by atoms with Gasteiger partial charge in [-0.2, -0.15) is 0 Å². The smallest absolute Gasteiger partial charge is 0.146 e. The van der Waals surface area contributed by atoms with E-state index < -0.39 is 0 Å². The Morgan fingerprint density at radius 3 is 3.00 bits per heavy atom. The minimum absolute atomic E-state index is 0.238. The molecule has 92 valence electrons. The van der Waals surface area contributed by atoms with Crippen molar-refractivity contribution in [2.45, 2.75) is 39.9 Å². The van der Waals surface area contributed by atoms with E-state index in [9.17, 15) is 0 Å². The molecule has 0 aliphatic heterocycles. The summed E-state index contributed by atoms with van der Waals surface area (Å²) in [7, 11) is 0. The Kier molecular flexibility index (Phi) is 3.86. The van der Waals surface area contributed by atoms with Gasteiger partial charge in [0.1, 0.15) is 12.2 Å². The highest BCUT2D eigenvalue weighted by Crippen LogP contribution is 2.15. The SMILES string of the molecule is CCn1cnnc1CNC(C)c1csc(C)n1. The van der Waals surface area contributed by atoms with E-state index in [4.69, 9.17) is 0 Å². The summed E-state index contributed by atoms with van der Waals surface area (Å²) in [5.41, 5.74) is 1.09. The minimum atomic E-state index is 0.238. The molecule has 0 aromatic carbocycles. The number of rotatable bonds is 5. The minimum Gasteiger partial charge on any atom is -0.317 e. The van der Waals surface area contributed by atoms with Gasteiger partial charge in [-0.1, -0.05) is 0 Å². The molecule has 5 nitrogen and oxygen atoms in total. The molecule has 2 aromatic heterocycles. The quantitative estimate of drug-likeness (QED) is 0.882. The first-order valence-electron chi connectivity index (χ1n) is 5.72. The molecule has 0 saturated heterocycles. The van der Waals surface area contributed by atoms with Gasteiger partial charge in [0.15, 0.2) is 0 Å². The van der Waals surface area contributed by atoms with Crippen LogP contribution in [0.1, 0.15) is 36.4 Å². The Labute approximate surface area is 105 Å². The second-order valence-corrected chi connectivity index (χ2v) is 4.99. The van der Waals surface area contributed by atoms with Gasteiger partial charge in [0.25, 0.3) is 0 Å². The van der Waals surface area contributed by atoms with Crippen molar-refractivity contribution in [1.82, 2.24) is 25.1 Å². The van der Waals surface area contributed by atoms with E-state index in [1.807, 2.05) is 11.5 Å². The molecule has 0 fully saturated rings. The molecule has 2 heterocycles. The van der Waals surface area contributed by atoms with E-state index >= 15 is 0 Å². The fourth-order valence-corrected chi connectivity index (χ4v) is 2.31. The average molecular weight is 251 g/mol. The molecule has 1 N–H and O–H groups in total. The Bertz CT molecular complexity index is 476. The molecule has 0 saturated carbocycles. The van der Waals surface area contributed by atoms with Gasteiger partial charge in [-0.3, -0.25) is 0 Å². The van der Waals surface area contributed by atoms with Crippen LogP contribution in [0.3, 0.4) is 0 Å². The third kappa shape index (κ3) is 2.89. The van der Waals surface area contributed by atoms with Crippen LogP contribution in [0.5, 0.6) is 0 Å². The Morgan fingerprint density at radius 1 is 1.53 bits per heavy atom. The van der Waals surface area contributed by atoms with E-state index in [2.05, 4.69) is 39.7 Å². The van der Waals surface area contributed by atoms with Crippen molar-refractivity contribution in [1.29, 1.82) is 0 Å². The predicted octanol–water partition coefficient (Wildman–Crippen LogP) is 1.91. The van der Waals surface area contributed by atoms with Crippen LogP contribution in [0.4, 0.5) is 0 Å². The predicted molar refractivity (Wildman–Crippen MR) is 67.8 cm³/mol. The van der Waals surface area contributed by atoms with Crippen molar-refractivity contribution in [3.05, 3.63) is 28.2 Å². The van der Waals surface area contributed by atoms with Crippen molar-refractivity contribution < 1.29 is 0 Å². The molecule has 0 aliphatic rings. The van der Waals surface area contributed by atoms with Gasteiger partial charge in [-0.15, -0.1) is 21.5 Å². The van der Waals surface area contributed by atoms with Crippen molar-refractivity contribution in [2.75, 3.05) is 0 Å². The topological polar surface area (TPSA) is 55.6 Å². The van der Waals surface area contributed by atoms with Crippen LogP contribution in [-0.4, -0.2) is 19.7 Å². The molecule has 0 aliphatic carbocycles. The summed E-state index contributed by atoms with van der Waals surface area (Å²) in [6.07, 6.45) is 1.76. The number of nitrogens with zero attached hydrogens (tertiary/aromatic N) is 4. The first kappa shape index (κ1) is 12.2. The number of aromatic nitrogens is 4. The molecular formula is C11H17N5S. The van der Waals surface area contributed by atoms with Crippen LogP contribution in [0.25, 0.3) is 0 Å². The van der Waals surface area contributed by atoms with Crippen LogP contribution in [0.2, 0.25) is 0 Å². The van der Waals surface area contributed by atoms with Gasteiger partial charge in [0.2, 0.25) is 0 Å². The molecule has 0 amide bonds. The summed E-state index contributed by atoms with van der Waals surface area (Å²) in [6.45, 7) is 7.83. The lowest BCUT2D eigenvalue weighted by molar-refractivity contribution is 0.531. The summed E-state index contributed by atoms with van der Waals surface area (Å²) in [5.74, 6) is 0.964. The molecule has 1 unspecified atom stereocenters. The highest BCUT2D eigenvalue weighted by Gasteiger charge is 2.10. The molecule has 2 aromatic rings. The number of hydrogen-bond acceptors (Lipinski definition) is 5. The van der Waals surface area contributed by atoms with E-state index in [1.54, 1.807) is 17.7 Å². The summed E-state index contributed by atoms with van der Waals surface area (Å²) < 4.78 is 2.03. The van der Waals surface area contributed by atoms with E-state index in [0.717, 1.165) is 23.1 Å². The second-order valence-electron chi connectivity index (χ2n) is 3.93. The lowest BCUT2D eigenvalue weighted by Gasteiger charge is -2.11. The summed E-state index contributed by atoms with van der Waals surface area (Å²) >= 11 is 1.68. The zero-order chi connectivity index (χ0) is 12.3. The van der Waals surface area contributed by atoms with E-state index in [-0.39, 0.29) is 6.04 Å². The fourth-order valence-electron chi connectivity index (χ4n) is 1.61. The van der Waals surface area contributed by atoms with Crippen LogP contribution in [-0.2, 0) is 13.1 Å². The van der Waals surface area contributed by atoms with Crippen LogP contribution in [0, 0.1) is 6.92 Å². The van der Waals surface area contributed by atoms with Gasteiger partial charge in [-0.05, 0) is 20.8 Å². The zero-order valence-corrected chi connectivity index (χ0v) is 11.2. The lowest BCUT2D eigenvalue weighted by Crippen LogP contribution is -2.20. The molecular weight excluding hydrogens is 234 g/mol. The maximum absolute atomic E-state index is 4.47. The second kappa shape index (κ2) is 5.37. The molecule has 6 heteroatoms. The first-order valence-corrected chi connectivity index (χ1v) is 6.60. The third-order valence-electron chi connectivity index (χ3n) is 2.68. The van der Waals surface area contributed by atoms with Crippen molar-refractivity contribution in [3.63, 3.8) is 0 Å². The Balaban J connectivity index is 1.94. The largest absolute Gasteiger partial charge is 0.317 e. The fraction of sp³-hybridized carbons (Fsp3) is 0.545. The monoisotopic (exact) mass is 251 g/mol. The van der Waals surface area contributed by atoms with Crippen LogP contribution >= 0.6 is 11.3 Å². The molecule has 0 radical (unpaired) electrons. The van der Waals surface area contributed by atoms with Crippen LogP contribution in [0.15, 0.2) is 11.7 Å². The lowest BCUT2D eigenvalue weighted by atomic mass is 10.2. The van der Waals surface area contributed by atoms with Crippen molar-refractivity contribution >= 4 is 11.3 Å². The Morgan fingerprint density at radius 2 is 2.35 bits per heavy atom. The van der Waals surface area contributed by atoms with Gasteiger partial charge >= 0.3 is 0 Å². The molecule has 1 atom stereocenters. The summed E-state index contributed by atoms with van der Waals surface area (Å²) in [6, 6.07) is 0.238. The van der Waals surface area contributed by atoms with Crippen molar-refractivity contribution in [3.8, 4) is 0 Å². The maximum atomic E-state index is 4.47. The van der Waals surface area contributed by atoms with Gasteiger partial charge in [0, 0.05) is 18.0 Å². The average Bonchev–Trinajstić information content (AvgIpc) is 2.94. The zero-order valence-electron chi connectivity index (χ0n) is 10.3. The van der Waals surface area contributed by atoms with Crippen molar-refractivity contribution in [2.24, 2.45) is 0 Å². The molecule has 2 rings (SSSR count). The van der Waals surface area contributed by atoms with Crippen LogP contribution < -0.4 is 5.32 Å². The maximum Gasteiger partial charge on any atom is 0.146 e. The first-order chi connectivity index (χ1) is 8.20. The van der Waals surface area contributed by atoms with Gasteiger partial charge in [-0.25, -0.2) is 4.98 Å².